The number of nitrogens with zero attached hydrogens (tertiary/aromatic N) is 1. The number of ether oxygens (including phenoxy) is 1. The SMILES string of the molecule is Cc1ccc([C@H](CN2CCOCC2)NS(=O)(=O)c2cc(Cl)ccc2Cl)cc1. The van der Waals surface area contributed by atoms with Crippen LogP contribution in [-0.2, 0) is 14.8 Å². The van der Waals surface area contributed by atoms with E-state index in [9.17, 15) is 8.42 Å². The second-order valence-corrected chi connectivity index (χ2v) is 9.10. The van der Waals surface area contributed by atoms with Gasteiger partial charge < -0.3 is 4.74 Å². The number of aryl methyl sites for hydroxylation is 1. The van der Waals surface area contributed by atoms with Crippen molar-refractivity contribution < 1.29 is 13.2 Å². The molecule has 5 nitrogen and oxygen atoms in total. The highest BCUT2D eigenvalue weighted by Gasteiger charge is 2.26. The van der Waals surface area contributed by atoms with Crippen LogP contribution in [0.5, 0.6) is 0 Å². The van der Waals surface area contributed by atoms with Gasteiger partial charge in [0.2, 0.25) is 10.0 Å². The average Bonchev–Trinajstić information content (AvgIpc) is 2.64. The molecule has 3 rings (SSSR count). The topological polar surface area (TPSA) is 58.6 Å². The van der Waals surface area contributed by atoms with E-state index in [-0.39, 0.29) is 9.92 Å². The smallest absolute Gasteiger partial charge is 0.242 e. The first-order valence-corrected chi connectivity index (χ1v) is 10.9. The van der Waals surface area contributed by atoms with E-state index in [1.807, 2.05) is 31.2 Å². The maximum Gasteiger partial charge on any atom is 0.242 e. The molecule has 27 heavy (non-hydrogen) atoms. The Morgan fingerprint density at radius 1 is 1.11 bits per heavy atom. The van der Waals surface area contributed by atoms with E-state index in [4.69, 9.17) is 27.9 Å². The van der Waals surface area contributed by atoms with E-state index in [2.05, 4.69) is 9.62 Å². The van der Waals surface area contributed by atoms with Gasteiger partial charge in [-0.15, -0.1) is 0 Å². The van der Waals surface area contributed by atoms with Crippen molar-refractivity contribution >= 4 is 33.2 Å². The summed E-state index contributed by atoms with van der Waals surface area (Å²) >= 11 is 12.1. The van der Waals surface area contributed by atoms with Crippen molar-refractivity contribution in [2.75, 3.05) is 32.8 Å². The molecular formula is C19H22Cl2N2O3S. The molecule has 0 spiro atoms. The van der Waals surface area contributed by atoms with Gasteiger partial charge in [0.15, 0.2) is 0 Å². The van der Waals surface area contributed by atoms with E-state index in [0.717, 1.165) is 24.2 Å². The van der Waals surface area contributed by atoms with Crippen LogP contribution in [-0.4, -0.2) is 46.2 Å². The van der Waals surface area contributed by atoms with Crippen LogP contribution >= 0.6 is 23.2 Å². The monoisotopic (exact) mass is 428 g/mol. The molecule has 8 heteroatoms. The van der Waals surface area contributed by atoms with Crippen molar-refractivity contribution in [2.24, 2.45) is 0 Å². The maximum absolute atomic E-state index is 13.0. The van der Waals surface area contributed by atoms with Crippen molar-refractivity contribution in [3.8, 4) is 0 Å². The molecule has 0 amide bonds. The third-order valence-electron chi connectivity index (χ3n) is 4.50. The van der Waals surface area contributed by atoms with Crippen LogP contribution in [0.4, 0.5) is 0 Å². The molecule has 0 unspecified atom stereocenters. The fraction of sp³-hybridized carbons (Fsp3) is 0.368. The van der Waals surface area contributed by atoms with Gasteiger partial charge in [0, 0.05) is 24.7 Å². The molecule has 1 heterocycles. The minimum atomic E-state index is -3.85. The second-order valence-electron chi connectivity index (χ2n) is 6.57. The third kappa shape index (κ3) is 5.44. The lowest BCUT2D eigenvalue weighted by molar-refractivity contribution is 0.0345. The van der Waals surface area contributed by atoms with Crippen LogP contribution in [0, 0.1) is 6.92 Å². The predicted octanol–water partition coefficient (Wildman–Crippen LogP) is 3.65. The number of hydrogen-bond donors (Lipinski definition) is 1. The quantitative estimate of drug-likeness (QED) is 0.762. The number of halogens is 2. The molecule has 1 aliphatic heterocycles. The van der Waals surface area contributed by atoms with Crippen molar-refractivity contribution in [1.82, 2.24) is 9.62 Å². The van der Waals surface area contributed by atoms with Crippen molar-refractivity contribution in [3.63, 3.8) is 0 Å². The van der Waals surface area contributed by atoms with Crippen molar-refractivity contribution in [2.45, 2.75) is 17.9 Å². The zero-order valence-electron chi connectivity index (χ0n) is 15.0. The summed E-state index contributed by atoms with van der Waals surface area (Å²) in [5.41, 5.74) is 2.01. The molecule has 1 aliphatic rings. The summed E-state index contributed by atoms with van der Waals surface area (Å²) in [6.45, 7) is 5.37. The van der Waals surface area contributed by atoms with Crippen molar-refractivity contribution in [3.05, 3.63) is 63.6 Å². The Bertz CT molecular complexity index is 882. The molecule has 0 saturated carbocycles. The maximum atomic E-state index is 13.0. The van der Waals surface area contributed by atoms with Crippen LogP contribution in [0.15, 0.2) is 47.4 Å². The van der Waals surface area contributed by atoms with Crippen molar-refractivity contribution in [1.29, 1.82) is 0 Å². The van der Waals surface area contributed by atoms with E-state index < -0.39 is 16.1 Å². The molecule has 2 aromatic rings. The number of benzene rings is 2. The minimum absolute atomic E-state index is 0.0178. The average molecular weight is 429 g/mol. The number of hydrogen-bond acceptors (Lipinski definition) is 4. The first-order chi connectivity index (χ1) is 12.8. The van der Waals surface area contributed by atoms with Gasteiger partial charge in [-0.3, -0.25) is 4.90 Å². The molecule has 1 saturated heterocycles. The zero-order valence-corrected chi connectivity index (χ0v) is 17.3. The summed E-state index contributed by atoms with van der Waals surface area (Å²) < 4.78 is 34.2. The van der Waals surface area contributed by atoms with Crippen LogP contribution in [0.2, 0.25) is 10.0 Å². The third-order valence-corrected chi connectivity index (χ3v) is 6.69. The number of rotatable bonds is 6. The fourth-order valence-corrected chi connectivity index (χ4v) is 4.96. The summed E-state index contributed by atoms with van der Waals surface area (Å²) in [7, 11) is -3.85. The lowest BCUT2D eigenvalue weighted by Gasteiger charge is -2.31. The Hall–Kier alpha value is -1.15. The van der Waals surface area contributed by atoms with E-state index in [0.29, 0.717) is 24.8 Å². The molecule has 0 aromatic heterocycles. The Morgan fingerprint density at radius 2 is 1.78 bits per heavy atom. The summed E-state index contributed by atoms with van der Waals surface area (Å²) in [4.78, 5) is 2.17. The van der Waals surface area contributed by atoms with Crippen LogP contribution in [0.25, 0.3) is 0 Å². The Kier molecular flexibility index (Phi) is 6.78. The molecule has 0 aliphatic carbocycles. The van der Waals surface area contributed by atoms with Crippen LogP contribution < -0.4 is 4.72 Å². The molecule has 2 aromatic carbocycles. The van der Waals surface area contributed by atoms with Gasteiger partial charge in [0.1, 0.15) is 4.90 Å². The Morgan fingerprint density at radius 3 is 2.44 bits per heavy atom. The highest BCUT2D eigenvalue weighted by molar-refractivity contribution is 7.89. The van der Waals surface area contributed by atoms with Gasteiger partial charge in [0.05, 0.1) is 24.3 Å². The molecule has 146 valence electrons. The van der Waals surface area contributed by atoms with Gasteiger partial charge in [-0.1, -0.05) is 53.0 Å². The Balaban J connectivity index is 1.89. The number of nitrogens with one attached hydrogen (secondary N) is 1. The molecule has 1 atom stereocenters. The van der Waals surface area contributed by atoms with E-state index >= 15 is 0 Å². The van der Waals surface area contributed by atoms with Crippen LogP contribution in [0.1, 0.15) is 17.2 Å². The highest BCUT2D eigenvalue weighted by Crippen LogP contribution is 2.27. The molecule has 1 fully saturated rings. The summed E-state index contributed by atoms with van der Waals surface area (Å²) in [5.74, 6) is 0. The second kappa shape index (κ2) is 8.90. The van der Waals surface area contributed by atoms with E-state index in [1.54, 1.807) is 6.07 Å². The first-order valence-electron chi connectivity index (χ1n) is 8.69. The summed E-state index contributed by atoms with van der Waals surface area (Å²) in [6, 6.07) is 11.8. The fourth-order valence-electron chi connectivity index (χ4n) is 2.99. The standard InChI is InChI=1S/C19H22Cl2N2O3S/c1-14-2-4-15(5-3-14)18(13-23-8-10-26-11-9-23)22-27(24,25)19-12-16(20)6-7-17(19)21/h2-7,12,18,22H,8-11,13H2,1H3/t18-/m0/s1. The predicted molar refractivity (Wildman–Crippen MR) is 108 cm³/mol. The molecular weight excluding hydrogens is 407 g/mol. The molecule has 0 radical (unpaired) electrons. The first kappa shape index (κ1) is 20.6. The highest BCUT2D eigenvalue weighted by atomic mass is 35.5. The van der Waals surface area contributed by atoms with Gasteiger partial charge in [0.25, 0.3) is 0 Å². The number of morpholine rings is 1. The lowest BCUT2D eigenvalue weighted by atomic mass is 10.1. The zero-order chi connectivity index (χ0) is 19.4. The normalized spacial score (nSPS) is 17.0. The molecule has 0 bridgehead atoms. The summed E-state index contributed by atoms with van der Waals surface area (Å²) in [6.07, 6.45) is 0. The Labute approximate surface area is 170 Å². The summed E-state index contributed by atoms with van der Waals surface area (Å²) in [5, 5.41) is 0.459. The molecule has 1 N–H and O–H groups in total. The largest absolute Gasteiger partial charge is 0.379 e. The van der Waals surface area contributed by atoms with E-state index in [1.165, 1.54) is 12.1 Å². The number of sulfonamides is 1. The van der Waals surface area contributed by atoms with Gasteiger partial charge in [-0.25, -0.2) is 13.1 Å². The van der Waals surface area contributed by atoms with Crippen LogP contribution in [0.3, 0.4) is 0 Å². The van der Waals surface area contributed by atoms with Gasteiger partial charge in [-0.05, 0) is 30.7 Å². The minimum Gasteiger partial charge on any atom is -0.379 e. The lowest BCUT2D eigenvalue weighted by Crippen LogP contribution is -2.43. The van der Waals surface area contributed by atoms with Gasteiger partial charge >= 0.3 is 0 Å². The van der Waals surface area contributed by atoms with Gasteiger partial charge in [-0.2, -0.15) is 0 Å².